The van der Waals surface area contributed by atoms with Crippen molar-refractivity contribution in [2.24, 2.45) is 0 Å². The van der Waals surface area contributed by atoms with Crippen LogP contribution in [-0.2, 0) is 4.79 Å². The molecule has 0 unspecified atom stereocenters. The van der Waals surface area contributed by atoms with Crippen LogP contribution in [0.4, 0.5) is 39.5 Å². The zero-order chi connectivity index (χ0) is 15.9. The van der Waals surface area contributed by atoms with Crippen LogP contribution >= 0.6 is 0 Å². The van der Waals surface area contributed by atoms with Gasteiger partial charge in [-0.05, 0) is 6.92 Å². The lowest BCUT2D eigenvalue weighted by molar-refractivity contribution is -0.391. The Morgan fingerprint density at radius 2 is 1.16 bits per heavy atom. The molecule has 0 aromatic carbocycles. The second kappa shape index (κ2) is 4.72. The zero-order valence-corrected chi connectivity index (χ0v) is 8.83. The Labute approximate surface area is 98.9 Å². The predicted octanol–water partition coefficient (Wildman–Crippen LogP) is 2.47. The van der Waals surface area contributed by atoms with Crippen LogP contribution in [0.15, 0.2) is 0 Å². The minimum absolute atomic E-state index is 0.0752. The monoisotopic (exact) mass is 307 g/mol. The van der Waals surface area contributed by atoms with E-state index < -0.39 is 36.1 Å². The van der Waals surface area contributed by atoms with Crippen LogP contribution in [0.2, 0.25) is 0 Å². The van der Waals surface area contributed by atoms with Gasteiger partial charge in [0, 0.05) is 0 Å². The molecule has 0 aliphatic heterocycles. The topological polar surface area (TPSA) is 49.3 Å². The van der Waals surface area contributed by atoms with Crippen LogP contribution in [0, 0.1) is 0 Å². The number of carbonyl (C=O) groups is 1. The molecule has 0 rings (SSSR count). The maximum atomic E-state index is 12.3. The van der Waals surface area contributed by atoms with E-state index in [0.717, 1.165) is 0 Å². The molecule has 0 fully saturated rings. The predicted molar refractivity (Wildman–Crippen MR) is 41.1 cm³/mol. The van der Waals surface area contributed by atoms with E-state index in [-0.39, 0.29) is 12.2 Å². The van der Waals surface area contributed by atoms with Gasteiger partial charge in [-0.25, -0.2) is 0 Å². The second-order valence-electron chi connectivity index (χ2n) is 3.45. The molecule has 12 heteroatoms. The van der Waals surface area contributed by atoms with Crippen molar-refractivity contribution >= 4 is 5.97 Å². The summed E-state index contributed by atoms with van der Waals surface area (Å²) in [7, 11) is 0. The third-order valence-corrected chi connectivity index (χ3v) is 2.08. The van der Waals surface area contributed by atoms with Gasteiger partial charge in [0.15, 0.2) is 0 Å². The van der Waals surface area contributed by atoms with Crippen molar-refractivity contribution in [3.05, 3.63) is 0 Å². The minimum atomic E-state index is -6.83. The Morgan fingerprint density at radius 1 is 0.895 bits per heavy atom. The van der Waals surface area contributed by atoms with Crippen molar-refractivity contribution < 1.29 is 49.4 Å². The fourth-order valence-electron chi connectivity index (χ4n) is 1.11. The Bertz CT molecular complexity index is 306. The van der Waals surface area contributed by atoms with Crippen molar-refractivity contribution in [2.75, 3.05) is 0 Å². The van der Waals surface area contributed by atoms with Crippen molar-refractivity contribution in [3.8, 4) is 0 Å². The quantitative estimate of drug-likeness (QED) is 0.788. The number of halogens is 9. The largest absolute Gasteiger partial charge is 0.480 e. The van der Waals surface area contributed by atoms with Gasteiger partial charge in [0.2, 0.25) is 0 Å². The molecule has 0 saturated carbocycles. The Morgan fingerprint density at radius 3 is 1.32 bits per heavy atom. The molecule has 0 saturated heterocycles. The fourth-order valence-corrected chi connectivity index (χ4v) is 1.11. The summed E-state index contributed by atoms with van der Waals surface area (Å²) >= 11 is 0. The highest BCUT2D eigenvalue weighted by molar-refractivity contribution is 5.73. The molecule has 1 atom stereocenters. The lowest BCUT2D eigenvalue weighted by atomic mass is 9.95. The molecule has 0 aliphatic rings. The molecule has 114 valence electrons. The van der Waals surface area contributed by atoms with E-state index in [0.29, 0.717) is 0 Å². The van der Waals surface area contributed by atoms with Gasteiger partial charge < -0.3 is 5.11 Å². The van der Waals surface area contributed by atoms with E-state index in [1.165, 1.54) is 0 Å². The number of hydrogen-bond donors (Lipinski definition) is 2. The number of rotatable bonds is 3. The van der Waals surface area contributed by atoms with E-state index in [9.17, 15) is 44.3 Å². The summed E-state index contributed by atoms with van der Waals surface area (Å²) in [5.74, 6) is -2.30. The summed E-state index contributed by atoms with van der Waals surface area (Å²) in [5.41, 5.74) is -6.31. The molecular formula is C7H6F9NO2. The zero-order valence-electron chi connectivity index (χ0n) is 8.83. The maximum Gasteiger partial charge on any atom is 0.424 e. The van der Waals surface area contributed by atoms with E-state index >= 15 is 0 Å². The molecule has 0 aliphatic carbocycles. The highest BCUT2D eigenvalue weighted by Gasteiger charge is 2.84. The average molecular weight is 307 g/mol. The summed E-state index contributed by atoms with van der Waals surface area (Å²) in [6, 6.07) is -2.73. The van der Waals surface area contributed by atoms with Crippen molar-refractivity contribution in [3.63, 3.8) is 0 Å². The number of nitrogens with one attached hydrogen (secondary N) is 1. The van der Waals surface area contributed by atoms with E-state index in [1.807, 2.05) is 0 Å². The molecule has 0 heterocycles. The fraction of sp³-hybridized carbons (Fsp3) is 0.857. The maximum absolute atomic E-state index is 12.3. The van der Waals surface area contributed by atoms with Gasteiger partial charge >= 0.3 is 30.0 Å². The number of carboxylic acid groups (broad SMARTS) is 1. The average Bonchev–Trinajstić information content (AvgIpc) is 2.06. The first kappa shape index (κ1) is 17.8. The van der Waals surface area contributed by atoms with Gasteiger partial charge in [-0.2, -0.15) is 39.5 Å². The molecule has 0 amide bonds. The highest BCUT2D eigenvalue weighted by Crippen LogP contribution is 2.52. The van der Waals surface area contributed by atoms with Gasteiger partial charge in [-0.15, -0.1) is 0 Å². The smallest absolute Gasteiger partial charge is 0.424 e. The van der Waals surface area contributed by atoms with Crippen LogP contribution in [0.25, 0.3) is 0 Å². The molecule has 0 bridgehead atoms. The molecule has 19 heavy (non-hydrogen) atoms. The first-order chi connectivity index (χ1) is 8.08. The van der Waals surface area contributed by atoms with Crippen LogP contribution < -0.4 is 5.32 Å². The minimum Gasteiger partial charge on any atom is -0.480 e. The molecule has 0 radical (unpaired) electrons. The number of hydrogen-bond acceptors (Lipinski definition) is 2. The summed E-state index contributed by atoms with van der Waals surface area (Å²) in [6.45, 7) is 0.223. The van der Waals surface area contributed by atoms with E-state index in [1.54, 1.807) is 0 Å². The molecule has 0 spiro atoms. The van der Waals surface area contributed by atoms with E-state index in [4.69, 9.17) is 5.11 Å². The van der Waals surface area contributed by atoms with Crippen molar-refractivity contribution in [1.82, 2.24) is 5.32 Å². The third-order valence-electron chi connectivity index (χ3n) is 2.08. The number of carboxylic acids is 1. The van der Waals surface area contributed by atoms with Crippen LogP contribution in [0.5, 0.6) is 0 Å². The van der Waals surface area contributed by atoms with Crippen molar-refractivity contribution in [1.29, 1.82) is 0 Å². The highest BCUT2D eigenvalue weighted by atomic mass is 19.4. The summed E-state index contributed by atoms with van der Waals surface area (Å²) in [4.78, 5) is 10.2. The molecular weight excluding hydrogens is 301 g/mol. The number of aliphatic carboxylic acids is 1. The van der Waals surface area contributed by atoms with Crippen molar-refractivity contribution in [2.45, 2.75) is 37.0 Å². The molecule has 0 aromatic heterocycles. The standard InChI is InChI=1S/C7H6F9NO2/c1-2(3(18)19)17-4(5(8,9)10,6(11,12)13)7(14,15)16/h2,17H,1H3,(H,18,19)/t2-/m0/s1. The summed E-state index contributed by atoms with van der Waals surface area (Å²) in [6.07, 6.45) is -20.5. The van der Waals surface area contributed by atoms with Gasteiger partial charge in [0.05, 0.1) is 0 Å². The lowest BCUT2D eigenvalue weighted by Crippen LogP contribution is -2.76. The first-order valence-electron chi connectivity index (χ1n) is 4.28. The molecule has 2 N–H and O–H groups in total. The Kier molecular flexibility index (Phi) is 4.42. The summed E-state index contributed by atoms with van der Waals surface area (Å²) < 4.78 is 111. The second-order valence-corrected chi connectivity index (χ2v) is 3.45. The van der Waals surface area contributed by atoms with Gasteiger partial charge in [0.1, 0.15) is 6.04 Å². The SMILES string of the molecule is C[C@H](NC(C(F)(F)F)(C(F)(F)F)C(F)(F)F)C(=O)O. The van der Waals surface area contributed by atoms with Gasteiger partial charge in [0.25, 0.3) is 0 Å². The van der Waals surface area contributed by atoms with Gasteiger partial charge in [-0.3, -0.25) is 10.1 Å². The lowest BCUT2D eigenvalue weighted by Gasteiger charge is -2.40. The number of alkyl halides is 9. The van der Waals surface area contributed by atoms with Crippen LogP contribution in [0.1, 0.15) is 6.92 Å². The van der Waals surface area contributed by atoms with Gasteiger partial charge in [-0.1, -0.05) is 0 Å². The third kappa shape index (κ3) is 3.04. The van der Waals surface area contributed by atoms with Crippen LogP contribution in [-0.4, -0.2) is 41.2 Å². The van der Waals surface area contributed by atoms with E-state index in [2.05, 4.69) is 0 Å². The first-order valence-corrected chi connectivity index (χ1v) is 4.28. The Hall–Kier alpha value is -1.20. The molecule has 0 aromatic rings. The molecule has 3 nitrogen and oxygen atoms in total. The van der Waals surface area contributed by atoms with Crippen LogP contribution in [0.3, 0.4) is 0 Å². The summed E-state index contributed by atoms with van der Waals surface area (Å²) in [5, 5.41) is 8.25. The normalized spacial score (nSPS) is 16.3. The Balaban J connectivity index is 6.04.